The Kier molecular flexibility index (Phi) is 5.60. The number of aromatic nitrogens is 2. The Morgan fingerprint density at radius 3 is 2.72 bits per heavy atom. The number of carbonyl (C=O) groups excluding carboxylic acids is 1. The first-order valence-corrected chi connectivity index (χ1v) is 10.1. The number of carbonyl (C=O) groups is 1. The lowest BCUT2D eigenvalue weighted by Crippen LogP contribution is -2.43. The van der Waals surface area contributed by atoms with Gasteiger partial charge >= 0.3 is 0 Å². The lowest BCUT2D eigenvalue weighted by atomic mass is 9.97. The number of hydrogen-bond acceptors (Lipinski definition) is 5. The predicted octanol–water partition coefficient (Wildman–Crippen LogP) is 4.82. The number of likely N-dealkylation sites (tertiary alicyclic amines) is 1. The zero-order chi connectivity index (χ0) is 20.2. The van der Waals surface area contributed by atoms with Crippen molar-refractivity contribution in [1.82, 2.24) is 15.0 Å². The third-order valence-corrected chi connectivity index (χ3v) is 5.52. The van der Waals surface area contributed by atoms with Crippen molar-refractivity contribution in [2.75, 3.05) is 13.7 Å². The summed E-state index contributed by atoms with van der Waals surface area (Å²) in [5.74, 6) is 1.64. The molecule has 1 unspecified atom stereocenters. The van der Waals surface area contributed by atoms with Crippen molar-refractivity contribution >= 4 is 5.91 Å². The fourth-order valence-electron chi connectivity index (χ4n) is 3.89. The van der Waals surface area contributed by atoms with Gasteiger partial charge in [0.1, 0.15) is 5.75 Å². The summed E-state index contributed by atoms with van der Waals surface area (Å²) < 4.78 is 10.7. The average molecular weight is 391 g/mol. The normalized spacial score (nSPS) is 16.6. The molecule has 150 valence electrons. The molecule has 0 radical (unpaired) electrons. The summed E-state index contributed by atoms with van der Waals surface area (Å²) in [7, 11) is 1.63. The van der Waals surface area contributed by atoms with Crippen molar-refractivity contribution in [3.63, 3.8) is 0 Å². The fraction of sp³-hybridized carbons (Fsp3) is 0.348. The highest BCUT2D eigenvalue weighted by molar-refractivity contribution is 6.00. The minimum absolute atomic E-state index is 0.0383. The van der Waals surface area contributed by atoms with Crippen LogP contribution in [0.2, 0.25) is 0 Å². The van der Waals surface area contributed by atoms with Crippen LogP contribution in [0.1, 0.15) is 43.0 Å². The zero-order valence-electron chi connectivity index (χ0n) is 16.8. The molecular formula is C23H25N3O3. The Hall–Kier alpha value is -3.15. The van der Waals surface area contributed by atoms with E-state index in [0.29, 0.717) is 28.9 Å². The Morgan fingerprint density at radius 2 is 1.97 bits per heavy atom. The molecule has 1 aromatic heterocycles. The van der Waals surface area contributed by atoms with Gasteiger partial charge in [-0.2, -0.15) is 4.98 Å². The van der Waals surface area contributed by atoms with E-state index in [9.17, 15) is 4.79 Å². The summed E-state index contributed by atoms with van der Waals surface area (Å²) >= 11 is 0. The summed E-state index contributed by atoms with van der Waals surface area (Å²) in [6.07, 6.45) is 4.26. The van der Waals surface area contributed by atoms with E-state index in [1.807, 2.05) is 53.4 Å². The summed E-state index contributed by atoms with van der Waals surface area (Å²) in [5.41, 5.74) is 2.11. The maximum atomic E-state index is 13.3. The predicted molar refractivity (Wildman–Crippen MR) is 111 cm³/mol. The number of amides is 1. The molecule has 1 aliphatic heterocycles. The molecule has 2 aromatic carbocycles. The quantitative estimate of drug-likeness (QED) is 0.624. The van der Waals surface area contributed by atoms with Crippen LogP contribution < -0.4 is 4.74 Å². The van der Waals surface area contributed by atoms with E-state index < -0.39 is 0 Å². The van der Waals surface area contributed by atoms with Gasteiger partial charge in [0.25, 0.3) is 11.8 Å². The molecule has 4 rings (SSSR count). The number of piperidine rings is 1. The van der Waals surface area contributed by atoms with Crippen molar-refractivity contribution in [3.8, 4) is 28.6 Å². The molecule has 0 N–H and O–H groups in total. The van der Waals surface area contributed by atoms with Crippen molar-refractivity contribution < 1.29 is 14.1 Å². The van der Waals surface area contributed by atoms with Gasteiger partial charge in [0.15, 0.2) is 0 Å². The highest BCUT2D eigenvalue weighted by atomic mass is 16.5. The molecule has 1 saturated heterocycles. The van der Waals surface area contributed by atoms with Gasteiger partial charge < -0.3 is 14.2 Å². The van der Waals surface area contributed by atoms with Crippen LogP contribution in [-0.2, 0) is 0 Å². The molecule has 0 spiro atoms. The van der Waals surface area contributed by atoms with Crippen LogP contribution in [0, 0.1) is 0 Å². The minimum atomic E-state index is 0.0383. The van der Waals surface area contributed by atoms with Gasteiger partial charge in [-0.05, 0) is 62.1 Å². The van der Waals surface area contributed by atoms with Gasteiger partial charge in [0, 0.05) is 18.2 Å². The second kappa shape index (κ2) is 8.47. The summed E-state index contributed by atoms with van der Waals surface area (Å²) in [4.78, 5) is 19.9. The van der Waals surface area contributed by atoms with Crippen LogP contribution in [0.5, 0.6) is 5.75 Å². The molecule has 1 atom stereocenters. The first-order valence-electron chi connectivity index (χ1n) is 10.1. The van der Waals surface area contributed by atoms with Crippen molar-refractivity contribution in [2.24, 2.45) is 0 Å². The van der Waals surface area contributed by atoms with Gasteiger partial charge in [-0.1, -0.05) is 24.2 Å². The van der Waals surface area contributed by atoms with Crippen LogP contribution in [0.25, 0.3) is 22.8 Å². The van der Waals surface area contributed by atoms with Gasteiger partial charge in [0.2, 0.25) is 5.82 Å². The second-order valence-electron chi connectivity index (χ2n) is 7.25. The van der Waals surface area contributed by atoms with E-state index in [4.69, 9.17) is 9.26 Å². The Bertz CT molecular complexity index is 981. The Morgan fingerprint density at radius 1 is 1.17 bits per heavy atom. The maximum absolute atomic E-state index is 13.3. The number of hydrogen-bond donors (Lipinski definition) is 0. The molecule has 1 fully saturated rings. The maximum Gasteiger partial charge on any atom is 0.259 e. The zero-order valence-corrected chi connectivity index (χ0v) is 16.8. The van der Waals surface area contributed by atoms with E-state index in [1.165, 1.54) is 6.42 Å². The number of ether oxygens (including phenoxy) is 1. The van der Waals surface area contributed by atoms with Gasteiger partial charge in [0.05, 0.1) is 18.2 Å². The van der Waals surface area contributed by atoms with Crippen LogP contribution in [-0.4, -0.2) is 40.6 Å². The molecule has 2 heterocycles. The molecule has 6 heteroatoms. The second-order valence-corrected chi connectivity index (χ2v) is 7.25. The number of rotatable bonds is 5. The van der Waals surface area contributed by atoms with Crippen molar-refractivity contribution in [2.45, 2.75) is 38.6 Å². The molecular weight excluding hydrogens is 366 g/mol. The summed E-state index contributed by atoms with van der Waals surface area (Å²) in [6, 6.07) is 15.2. The van der Waals surface area contributed by atoms with E-state index in [-0.39, 0.29) is 5.91 Å². The number of nitrogens with zero attached hydrogens (tertiary/aromatic N) is 3. The van der Waals surface area contributed by atoms with Crippen LogP contribution >= 0.6 is 0 Å². The summed E-state index contributed by atoms with van der Waals surface area (Å²) in [5, 5.41) is 4.11. The van der Waals surface area contributed by atoms with E-state index in [1.54, 1.807) is 7.11 Å². The molecule has 1 amide bonds. The molecule has 3 aromatic rings. The largest absolute Gasteiger partial charge is 0.497 e. The SMILES string of the molecule is CCC1CCCCN1C(=O)c1ccccc1-c1nc(-c2ccc(OC)cc2)no1. The Balaban J connectivity index is 1.65. The van der Waals surface area contributed by atoms with Gasteiger partial charge in [-0.25, -0.2) is 0 Å². The van der Waals surface area contributed by atoms with Crippen molar-refractivity contribution in [3.05, 3.63) is 54.1 Å². The minimum Gasteiger partial charge on any atom is -0.497 e. The Labute approximate surface area is 170 Å². The number of benzene rings is 2. The van der Waals surface area contributed by atoms with Crippen LogP contribution in [0.3, 0.4) is 0 Å². The van der Waals surface area contributed by atoms with Crippen LogP contribution in [0.15, 0.2) is 53.1 Å². The van der Waals surface area contributed by atoms with Crippen molar-refractivity contribution in [1.29, 1.82) is 0 Å². The summed E-state index contributed by atoms with van der Waals surface area (Å²) in [6.45, 7) is 2.94. The smallest absolute Gasteiger partial charge is 0.259 e. The van der Waals surface area contributed by atoms with E-state index >= 15 is 0 Å². The van der Waals surface area contributed by atoms with Gasteiger partial charge in [-0.15, -0.1) is 0 Å². The van der Waals surface area contributed by atoms with Crippen LogP contribution in [0.4, 0.5) is 0 Å². The monoisotopic (exact) mass is 391 g/mol. The molecule has 0 bridgehead atoms. The molecule has 6 nitrogen and oxygen atoms in total. The molecule has 0 saturated carbocycles. The first-order chi connectivity index (χ1) is 14.2. The average Bonchev–Trinajstić information content (AvgIpc) is 3.29. The van der Waals surface area contributed by atoms with Gasteiger partial charge in [-0.3, -0.25) is 4.79 Å². The molecule has 1 aliphatic rings. The standard InChI is InChI=1S/C23H25N3O3/c1-3-17-8-6-7-15-26(17)23(27)20-10-5-4-9-19(20)22-24-21(25-29-22)16-11-13-18(28-2)14-12-16/h4-5,9-14,17H,3,6-8,15H2,1-2H3. The fourth-order valence-corrected chi connectivity index (χ4v) is 3.89. The highest BCUT2D eigenvalue weighted by Crippen LogP contribution is 2.29. The third kappa shape index (κ3) is 3.88. The number of methoxy groups -OCH3 is 1. The molecule has 29 heavy (non-hydrogen) atoms. The topological polar surface area (TPSA) is 68.5 Å². The van der Waals surface area contributed by atoms with E-state index in [0.717, 1.165) is 37.1 Å². The first kappa shape index (κ1) is 19.2. The highest BCUT2D eigenvalue weighted by Gasteiger charge is 2.28. The lowest BCUT2D eigenvalue weighted by Gasteiger charge is -2.35. The third-order valence-electron chi connectivity index (χ3n) is 5.52. The van der Waals surface area contributed by atoms with E-state index in [2.05, 4.69) is 17.1 Å². The lowest BCUT2D eigenvalue weighted by molar-refractivity contribution is 0.0608. The molecule has 0 aliphatic carbocycles.